The summed E-state index contributed by atoms with van der Waals surface area (Å²) in [6.45, 7) is 3.77. The fourth-order valence-corrected chi connectivity index (χ4v) is 2.51. The van der Waals surface area contributed by atoms with Crippen LogP contribution < -0.4 is 10.6 Å². The first-order valence-electron chi connectivity index (χ1n) is 5.89. The van der Waals surface area contributed by atoms with Gasteiger partial charge in [0.1, 0.15) is 0 Å². The van der Waals surface area contributed by atoms with E-state index < -0.39 is 0 Å². The summed E-state index contributed by atoms with van der Waals surface area (Å²) in [5.41, 5.74) is 7.60. The van der Waals surface area contributed by atoms with Crippen LogP contribution in [0.15, 0.2) is 18.2 Å². The molecule has 1 heterocycles. The summed E-state index contributed by atoms with van der Waals surface area (Å²) in [6.07, 6.45) is 1.67. The van der Waals surface area contributed by atoms with Crippen molar-refractivity contribution in [1.29, 1.82) is 0 Å². The van der Waals surface area contributed by atoms with Crippen molar-refractivity contribution in [3.8, 4) is 0 Å². The smallest absolute Gasteiger partial charge is 0.220 e. The Kier molecular flexibility index (Phi) is 3.57. The highest BCUT2D eigenvalue weighted by molar-refractivity contribution is 6.31. The summed E-state index contributed by atoms with van der Waals surface area (Å²) in [5.74, 6) is -0.141. The molecule has 0 unspecified atom stereocenters. The van der Waals surface area contributed by atoms with Crippen LogP contribution in [0, 0.1) is 12.8 Å². The first-order chi connectivity index (χ1) is 8.09. The zero-order valence-corrected chi connectivity index (χ0v) is 10.7. The highest BCUT2D eigenvalue weighted by Gasteiger charge is 2.24. The number of piperidine rings is 1. The molecule has 0 saturated carbocycles. The number of carbonyl (C=O) groups excluding carboxylic acids is 1. The Morgan fingerprint density at radius 3 is 2.65 bits per heavy atom. The maximum absolute atomic E-state index is 11.1. The monoisotopic (exact) mass is 252 g/mol. The number of primary amides is 1. The average Bonchev–Trinajstić information content (AvgIpc) is 2.33. The molecule has 1 fully saturated rings. The Balaban J connectivity index is 2.10. The van der Waals surface area contributed by atoms with Crippen LogP contribution in [0.4, 0.5) is 5.69 Å². The third kappa shape index (κ3) is 2.55. The van der Waals surface area contributed by atoms with Gasteiger partial charge >= 0.3 is 0 Å². The predicted molar refractivity (Wildman–Crippen MR) is 70.3 cm³/mol. The first-order valence-corrected chi connectivity index (χ1v) is 6.26. The molecular formula is C13H17ClN2O. The van der Waals surface area contributed by atoms with E-state index in [9.17, 15) is 4.79 Å². The zero-order chi connectivity index (χ0) is 12.4. The lowest BCUT2D eigenvalue weighted by Gasteiger charge is -2.33. The molecular weight excluding hydrogens is 236 g/mol. The highest BCUT2D eigenvalue weighted by Crippen LogP contribution is 2.29. The molecule has 3 nitrogen and oxygen atoms in total. The number of amides is 1. The van der Waals surface area contributed by atoms with Gasteiger partial charge in [0.25, 0.3) is 0 Å². The molecule has 92 valence electrons. The lowest BCUT2D eigenvalue weighted by molar-refractivity contribution is -0.122. The van der Waals surface area contributed by atoms with Gasteiger partial charge in [0.2, 0.25) is 5.91 Å². The lowest BCUT2D eigenvalue weighted by Crippen LogP contribution is -2.38. The van der Waals surface area contributed by atoms with Gasteiger partial charge in [-0.15, -0.1) is 0 Å². The molecule has 17 heavy (non-hydrogen) atoms. The maximum atomic E-state index is 11.1. The van der Waals surface area contributed by atoms with Crippen LogP contribution in [-0.4, -0.2) is 19.0 Å². The van der Waals surface area contributed by atoms with E-state index >= 15 is 0 Å². The number of halogens is 1. The molecule has 0 aromatic heterocycles. The van der Waals surface area contributed by atoms with Gasteiger partial charge in [-0.3, -0.25) is 4.79 Å². The van der Waals surface area contributed by atoms with Crippen molar-refractivity contribution < 1.29 is 4.79 Å². The van der Waals surface area contributed by atoms with Crippen molar-refractivity contribution in [3.63, 3.8) is 0 Å². The van der Waals surface area contributed by atoms with Crippen molar-refractivity contribution in [2.24, 2.45) is 11.7 Å². The first kappa shape index (κ1) is 12.2. The quantitative estimate of drug-likeness (QED) is 0.878. The Morgan fingerprint density at radius 1 is 1.41 bits per heavy atom. The fraction of sp³-hybridized carbons (Fsp3) is 0.462. The van der Waals surface area contributed by atoms with Crippen LogP contribution in [0.1, 0.15) is 18.4 Å². The van der Waals surface area contributed by atoms with Gasteiger partial charge in [-0.05, 0) is 37.5 Å². The van der Waals surface area contributed by atoms with Crippen molar-refractivity contribution >= 4 is 23.2 Å². The largest absolute Gasteiger partial charge is 0.371 e. The van der Waals surface area contributed by atoms with E-state index in [0.717, 1.165) is 36.5 Å². The molecule has 0 aliphatic carbocycles. The summed E-state index contributed by atoms with van der Waals surface area (Å²) < 4.78 is 0. The predicted octanol–water partition coefficient (Wildman–Crippen LogP) is 2.35. The van der Waals surface area contributed by atoms with Gasteiger partial charge in [-0.2, -0.15) is 0 Å². The second-order valence-corrected chi connectivity index (χ2v) is 4.95. The van der Waals surface area contributed by atoms with Gasteiger partial charge in [0.15, 0.2) is 0 Å². The molecule has 0 spiro atoms. The SMILES string of the molecule is Cc1c(Cl)cccc1N1CCC(C(N)=O)CC1. The summed E-state index contributed by atoms with van der Waals surface area (Å²) >= 11 is 6.11. The minimum Gasteiger partial charge on any atom is -0.371 e. The molecule has 1 amide bonds. The number of benzene rings is 1. The number of hydrogen-bond acceptors (Lipinski definition) is 2. The molecule has 1 aromatic rings. The van der Waals surface area contributed by atoms with E-state index in [0.29, 0.717) is 0 Å². The summed E-state index contributed by atoms with van der Waals surface area (Å²) in [6, 6.07) is 5.94. The number of rotatable bonds is 2. The molecule has 2 N–H and O–H groups in total. The van der Waals surface area contributed by atoms with Crippen LogP contribution in [-0.2, 0) is 4.79 Å². The summed E-state index contributed by atoms with van der Waals surface area (Å²) in [4.78, 5) is 13.4. The number of nitrogens with zero attached hydrogens (tertiary/aromatic N) is 1. The van der Waals surface area contributed by atoms with Crippen molar-refractivity contribution in [3.05, 3.63) is 28.8 Å². The summed E-state index contributed by atoms with van der Waals surface area (Å²) in [7, 11) is 0. The van der Waals surface area contributed by atoms with E-state index in [1.807, 2.05) is 19.1 Å². The molecule has 2 rings (SSSR count). The second kappa shape index (κ2) is 4.96. The Hall–Kier alpha value is -1.22. The van der Waals surface area contributed by atoms with Crippen LogP contribution in [0.25, 0.3) is 0 Å². The van der Waals surface area contributed by atoms with E-state index in [1.54, 1.807) is 0 Å². The van der Waals surface area contributed by atoms with Crippen molar-refractivity contribution in [2.75, 3.05) is 18.0 Å². The molecule has 1 saturated heterocycles. The molecule has 1 aliphatic rings. The standard InChI is InChI=1S/C13H17ClN2O/c1-9-11(14)3-2-4-12(9)16-7-5-10(6-8-16)13(15)17/h2-4,10H,5-8H2,1H3,(H2,15,17). The van der Waals surface area contributed by atoms with Gasteiger partial charge in [0, 0.05) is 29.7 Å². The molecule has 1 aromatic carbocycles. The molecule has 1 aliphatic heterocycles. The minimum atomic E-state index is -0.174. The second-order valence-electron chi connectivity index (χ2n) is 4.55. The Labute approximate surface area is 107 Å². The van der Waals surface area contributed by atoms with Crippen LogP contribution in [0.5, 0.6) is 0 Å². The third-order valence-electron chi connectivity index (χ3n) is 3.48. The van der Waals surface area contributed by atoms with Gasteiger partial charge < -0.3 is 10.6 Å². The Bertz CT molecular complexity index is 425. The van der Waals surface area contributed by atoms with E-state index in [-0.39, 0.29) is 11.8 Å². The maximum Gasteiger partial charge on any atom is 0.220 e. The van der Waals surface area contributed by atoms with E-state index in [1.165, 1.54) is 5.69 Å². The summed E-state index contributed by atoms with van der Waals surface area (Å²) in [5, 5.41) is 0.791. The number of carbonyl (C=O) groups is 1. The van der Waals surface area contributed by atoms with E-state index in [2.05, 4.69) is 11.0 Å². The highest BCUT2D eigenvalue weighted by atomic mass is 35.5. The molecule has 0 atom stereocenters. The van der Waals surface area contributed by atoms with Crippen LogP contribution >= 0.6 is 11.6 Å². The fourth-order valence-electron chi connectivity index (χ4n) is 2.34. The van der Waals surface area contributed by atoms with E-state index in [4.69, 9.17) is 17.3 Å². The van der Waals surface area contributed by atoms with Gasteiger partial charge in [-0.25, -0.2) is 0 Å². The molecule has 0 radical (unpaired) electrons. The van der Waals surface area contributed by atoms with Crippen molar-refractivity contribution in [1.82, 2.24) is 0 Å². The van der Waals surface area contributed by atoms with Crippen LogP contribution in [0.3, 0.4) is 0 Å². The van der Waals surface area contributed by atoms with Crippen molar-refractivity contribution in [2.45, 2.75) is 19.8 Å². The lowest BCUT2D eigenvalue weighted by atomic mass is 9.95. The number of hydrogen-bond donors (Lipinski definition) is 1. The Morgan fingerprint density at radius 2 is 2.06 bits per heavy atom. The zero-order valence-electron chi connectivity index (χ0n) is 9.95. The molecule has 4 heteroatoms. The van der Waals surface area contributed by atoms with Gasteiger partial charge in [-0.1, -0.05) is 17.7 Å². The molecule has 0 bridgehead atoms. The normalized spacial score (nSPS) is 17.2. The third-order valence-corrected chi connectivity index (χ3v) is 3.89. The van der Waals surface area contributed by atoms with Crippen LogP contribution in [0.2, 0.25) is 5.02 Å². The number of nitrogens with two attached hydrogens (primary N) is 1. The minimum absolute atomic E-state index is 0.0331. The topological polar surface area (TPSA) is 46.3 Å². The van der Waals surface area contributed by atoms with Gasteiger partial charge in [0.05, 0.1) is 0 Å². The average molecular weight is 253 g/mol. The number of anilines is 1.